The van der Waals surface area contributed by atoms with Crippen molar-refractivity contribution in [1.29, 1.82) is 0 Å². The fourth-order valence-electron chi connectivity index (χ4n) is 2.18. The molecule has 0 fully saturated rings. The van der Waals surface area contributed by atoms with Gasteiger partial charge in [0.15, 0.2) is 0 Å². The van der Waals surface area contributed by atoms with Gasteiger partial charge in [-0.15, -0.1) is 0 Å². The molecule has 1 atom stereocenters. The molecule has 2 N–H and O–H groups in total. The molecule has 0 aliphatic heterocycles. The van der Waals surface area contributed by atoms with Crippen LogP contribution in [-0.2, 0) is 0 Å². The minimum Gasteiger partial charge on any atom is -0.494 e. The molecular weight excluding hydrogens is 236 g/mol. The van der Waals surface area contributed by atoms with Gasteiger partial charge in [0.05, 0.1) is 12.6 Å². The van der Waals surface area contributed by atoms with Gasteiger partial charge >= 0.3 is 0 Å². The predicted octanol–water partition coefficient (Wildman–Crippen LogP) is 3.15. The number of rotatable bonds is 4. The molecule has 1 aromatic heterocycles. The quantitative estimate of drug-likeness (QED) is 0.914. The van der Waals surface area contributed by atoms with Gasteiger partial charge in [0.25, 0.3) is 0 Å². The summed E-state index contributed by atoms with van der Waals surface area (Å²) in [5, 5.41) is 0. The van der Waals surface area contributed by atoms with Crippen molar-refractivity contribution in [2.75, 3.05) is 6.61 Å². The zero-order valence-corrected chi connectivity index (χ0v) is 11.7. The van der Waals surface area contributed by atoms with E-state index in [1.165, 1.54) is 0 Å². The monoisotopic (exact) mass is 256 g/mol. The summed E-state index contributed by atoms with van der Waals surface area (Å²) < 4.78 is 5.43. The van der Waals surface area contributed by atoms with Crippen LogP contribution < -0.4 is 10.5 Å². The van der Waals surface area contributed by atoms with E-state index in [0.29, 0.717) is 6.61 Å². The average Bonchev–Trinajstić information content (AvgIpc) is 2.38. The molecule has 1 heterocycles. The van der Waals surface area contributed by atoms with Crippen LogP contribution in [0.15, 0.2) is 36.4 Å². The normalized spacial score (nSPS) is 12.2. The Morgan fingerprint density at radius 2 is 1.63 bits per heavy atom. The lowest BCUT2D eigenvalue weighted by Crippen LogP contribution is -2.12. The van der Waals surface area contributed by atoms with Crippen molar-refractivity contribution in [1.82, 2.24) is 4.98 Å². The first-order valence-corrected chi connectivity index (χ1v) is 6.53. The van der Waals surface area contributed by atoms with Gasteiger partial charge in [-0.1, -0.05) is 12.1 Å². The second-order valence-electron chi connectivity index (χ2n) is 4.66. The van der Waals surface area contributed by atoms with E-state index in [4.69, 9.17) is 10.5 Å². The Hall–Kier alpha value is -1.87. The van der Waals surface area contributed by atoms with E-state index in [-0.39, 0.29) is 6.04 Å². The highest BCUT2D eigenvalue weighted by Gasteiger charge is 2.10. The molecule has 2 rings (SSSR count). The first kappa shape index (κ1) is 13.6. The van der Waals surface area contributed by atoms with Gasteiger partial charge in [0.1, 0.15) is 5.75 Å². The smallest absolute Gasteiger partial charge is 0.119 e. The van der Waals surface area contributed by atoms with Gasteiger partial charge < -0.3 is 10.5 Å². The fraction of sp³-hybridized carbons (Fsp3) is 0.312. The van der Waals surface area contributed by atoms with Crippen LogP contribution in [-0.4, -0.2) is 11.6 Å². The van der Waals surface area contributed by atoms with E-state index in [9.17, 15) is 0 Å². The van der Waals surface area contributed by atoms with Gasteiger partial charge in [0, 0.05) is 11.4 Å². The summed E-state index contributed by atoms with van der Waals surface area (Å²) in [6, 6.07) is 11.9. The molecule has 2 aromatic rings. The van der Waals surface area contributed by atoms with Crippen LogP contribution in [0.25, 0.3) is 0 Å². The molecule has 1 aromatic carbocycles. The molecule has 0 radical (unpaired) electrons. The van der Waals surface area contributed by atoms with Crippen molar-refractivity contribution in [3.8, 4) is 5.75 Å². The maximum absolute atomic E-state index is 6.31. The summed E-state index contributed by atoms with van der Waals surface area (Å²) in [5.41, 5.74) is 10.5. The molecule has 0 saturated heterocycles. The van der Waals surface area contributed by atoms with Crippen LogP contribution in [0.3, 0.4) is 0 Å². The van der Waals surface area contributed by atoms with Crippen LogP contribution in [0.4, 0.5) is 0 Å². The van der Waals surface area contributed by atoms with Crippen LogP contribution >= 0.6 is 0 Å². The number of aromatic nitrogens is 1. The summed E-state index contributed by atoms with van der Waals surface area (Å²) in [4.78, 5) is 4.37. The van der Waals surface area contributed by atoms with Gasteiger partial charge in [-0.05, 0) is 56.2 Å². The zero-order chi connectivity index (χ0) is 13.8. The third kappa shape index (κ3) is 3.32. The minimum absolute atomic E-state index is 0.129. The standard InChI is InChI=1S/C16H20N2O/c1-4-19-15-7-5-13(6-8-15)16(17)14-9-11(2)18-12(3)10-14/h5-10,16H,4,17H2,1-3H3. The number of benzene rings is 1. The van der Waals surface area contributed by atoms with Crippen molar-refractivity contribution in [3.63, 3.8) is 0 Å². The number of hydrogen-bond donors (Lipinski definition) is 1. The van der Waals surface area contributed by atoms with E-state index < -0.39 is 0 Å². The molecule has 0 saturated carbocycles. The average molecular weight is 256 g/mol. The van der Waals surface area contributed by atoms with Gasteiger partial charge in [-0.25, -0.2) is 0 Å². The number of nitrogens with two attached hydrogens (primary N) is 1. The van der Waals surface area contributed by atoms with Gasteiger partial charge in [0.2, 0.25) is 0 Å². The third-order valence-corrected chi connectivity index (χ3v) is 3.01. The van der Waals surface area contributed by atoms with E-state index in [1.807, 2.05) is 57.2 Å². The Bertz CT molecular complexity index is 529. The zero-order valence-electron chi connectivity index (χ0n) is 11.7. The molecule has 0 amide bonds. The van der Waals surface area contributed by atoms with E-state index >= 15 is 0 Å². The van der Waals surface area contributed by atoms with Crippen molar-refractivity contribution >= 4 is 0 Å². The number of pyridine rings is 1. The first-order valence-electron chi connectivity index (χ1n) is 6.53. The summed E-state index contributed by atoms with van der Waals surface area (Å²) in [6.07, 6.45) is 0. The SMILES string of the molecule is CCOc1ccc(C(N)c2cc(C)nc(C)c2)cc1. The number of nitrogens with zero attached hydrogens (tertiary/aromatic N) is 1. The summed E-state index contributed by atoms with van der Waals surface area (Å²) in [5.74, 6) is 0.875. The Kier molecular flexibility index (Phi) is 4.17. The van der Waals surface area contributed by atoms with Gasteiger partial charge in [-0.2, -0.15) is 0 Å². The van der Waals surface area contributed by atoms with Gasteiger partial charge in [-0.3, -0.25) is 4.98 Å². The second kappa shape index (κ2) is 5.85. The summed E-state index contributed by atoms with van der Waals surface area (Å²) in [6.45, 7) is 6.62. The highest BCUT2D eigenvalue weighted by atomic mass is 16.5. The molecule has 19 heavy (non-hydrogen) atoms. The highest BCUT2D eigenvalue weighted by Crippen LogP contribution is 2.23. The van der Waals surface area contributed by atoms with Crippen molar-refractivity contribution in [3.05, 3.63) is 58.9 Å². The molecular formula is C16H20N2O. The molecule has 0 spiro atoms. The molecule has 100 valence electrons. The maximum atomic E-state index is 6.31. The lowest BCUT2D eigenvalue weighted by molar-refractivity contribution is 0.340. The van der Waals surface area contributed by atoms with Crippen molar-refractivity contribution in [2.45, 2.75) is 26.8 Å². The van der Waals surface area contributed by atoms with Crippen LogP contribution in [0.2, 0.25) is 0 Å². The van der Waals surface area contributed by atoms with Crippen LogP contribution in [0.5, 0.6) is 5.75 Å². The molecule has 3 nitrogen and oxygen atoms in total. The lowest BCUT2D eigenvalue weighted by atomic mass is 9.99. The minimum atomic E-state index is -0.129. The van der Waals surface area contributed by atoms with Crippen LogP contribution in [0, 0.1) is 13.8 Å². The van der Waals surface area contributed by atoms with Crippen molar-refractivity contribution < 1.29 is 4.74 Å². The maximum Gasteiger partial charge on any atom is 0.119 e. The molecule has 1 unspecified atom stereocenters. The first-order chi connectivity index (χ1) is 9.10. The Balaban J connectivity index is 2.25. The van der Waals surface area contributed by atoms with E-state index in [0.717, 1.165) is 28.3 Å². The third-order valence-electron chi connectivity index (χ3n) is 3.01. The molecule has 0 aliphatic rings. The number of hydrogen-bond acceptors (Lipinski definition) is 3. The highest BCUT2D eigenvalue weighted by molar-refractivity contribution is 5.36. The number of ether oxygens (including phenoxy) is 1. The Labute approximate surface area is 114 Å². The van der Waals surface area contributed by atoms with E-state index in [1.54, 1.807) is 0 Å². The van der Waals surface area contributed by atoms with Crippen molar-refractivity contribution in [2.24, 2.45) is 5.73 Å². The second-order valence-corrected chi connectivity index (χ2v) is 4.66. The summed E-state index contributed by atoms with van der Waals surface area (Å²) in [7, 11) is 0. The predicted molar refractivity (Wildman–Crippen MR) is 77.4 cm³/mol. The summed E-state index contributed by atoms with van der Waals surface area (Å²) >= 11 is 0. The van der Waals surface area contributed by atoms with Crippen LogP contribution in [0.1, 0.15) is 35.5 Å². The fourth-order valence-corrected chi connectivity index (χ4v) is 2.18. The lowest BCUT2D eigenvalue weighted by Gasteiger charge is -2.14. The van der Waals surface area contributed by atoms with E-state index in [2.05, 4.69) is 4.98 Å². The number of aryl methyl sites for hydroxylation is 2. The Morgan fingerprint density at radius 1 is 1.05 bits per heavy atom. The topological polar surface area (TPSA) is 48.1 Å². The molecule has 0 aliphatic carbocycles. The Morgan fingerprint density at radius 3 is 2.16 bits per heavy atom. The molecule has 3 heteroatoms. The largest absolute Gasteiger partial charge is 0.494 e. The molecule has 0 bridgehead atoms.